The number of hydrogen-bond donors (Lipinski definition) is 3. The van der Waals surface area contributed by atoms with Crippen LogP contribution in [0.5, 0.6) is 0 Å². The van der Waals surface area contributed by atoms with Crippen LogP contribution in [0.4, 0.5) is 10.2 Å². The van der Waals surface area contributed by atoms with Gasteiger partial charge >= 0.3 is 5.97 Å². The lowest BCUT2D eigenvalue weighted by Gasteiger charge is -2.21. The van der Waals surface area contributed by atoms with Gasteiger partial charge in [-0.05, 0) is 29.8 Å². The Morgan fingerprint density at radius 3 is 2.94 bits per heavy atom. The number of nitrogens with one attached hydrogen (secondary N) is 2. The minimum Gasteiger partial charge on any atom is -0.478 e. The predicted octanol–water partition coefficient (Wildman–Crippen LogP) is 2.91. The molecule has 1 aliphatic heterocycles. The molecular formula is C22H19FN6O2. The van der Waals surface area contributed by atoms with Gasteiger partial charge in [0.25, 0.3) is 5.95 Å². The fourth-order valence-corrected chi connectivity index (χ4v) is 3.80. The fraction of sp³-hybridized carbons (Fsp3) is 0.182. The van der Waals surface area contributed by atoms with E-state index in [2.05, 4.69) is 20.7 Å². The molecule has 0 bridgehead atoms. The fourth-order valence-electron chi connectivity index (χ4n) is 3.80. The zero-order valence-corrected chi connectivity index (χ0v) is 16.5. The van der Waals surface area contributed by atoms with Gasteiger partial charge in [0.15, 0.2) is 0 Å². The van der Waals surface area contributed by atoms with Crippen LogP contribution in [0.3, 0.4) is 0 Å². The van der Waals surface area contributed by atoms with Gasteiger partial charge in [0.05, 0.1) is 23.0 Å². The maximum Gasteiger partial charge on any atom is 0.336 e. The van der Waals surface area contributed by atoms with E-state index in [0.29, 0.717) is 35.8 Å². The lowest BCUT2D eigenvalue weighted by Crippen LogP contribution is -2.27. The summed E-state index contributed by atoms with van der Waals surface area (Å²) < 4.78 is 15.1. The molecule has 3 heterocycles. The van der Waals surface area contributed by atoms with Gasteiger partial charge in [0.2, 0.25) is 0 Å². The number of benzene rings is 2. The average Bonchev–Trinajstić information content (AvgIpc) is 3.21. The number of fused-ring (bicyclic) bond motifs is 2. The van der Waals surface area contributed by atoms with Crippen molar-refractivity contribution >= 4 is 22.7 Å². The number of hydrogen-bond acceptors (Lipinski definition) is 6. The summed E-state index contributed by atoms with van der Waals surface area (Å²) in [6.07, 6.45) is 2.25. The summed E-state index contributed by atoms with van der Waals surface area (Å²) >= 11 is 0. The number of carboxylic acids is 1. The molecule has 0 radical (unpaired) electrons. The van der Waals surface area contributed by atoms with Crippen LogP contribution in [-0.4, -0.2) is 37.4 Å². The molecule has 0 fully saturated rings. The smallest absolute Gasteiger partial charge is 0.336 e. The van der Waals surface area contributed by atoms with Crippen LogP contribution < -0.4 is 10.6 Å². The second kappa shape index (κ2) is 7.77. The number of rotatable bonds is 5. The largest absolute Gasteiger partial charge is 0.478 e. The molecule has 0 unspecified atom stereocenters. The quantitative estimate of drug-likeness (QED) is 0.458. The SMILES string of the molecule is O=C(O)c1cccc2c1cnn2-c1nc2c(c(NCc3cccc(F)c3)n1)CNCC2. The summed E-state index contributed by atoms with van der Waals surface area (Å²) in [6, 6.07) is 11.4. The molecule has 0 saturated heterocycles. The Bertz CT molecular complexity index is 1300. The first kappa shape index (κ1) is 19.1. The Morgan fingerprint density at radius 1 is 1.23 bits per heavy atom. The summed E-state index contributed by atoms with van der Waals surface area (Å²) in [7, 11) is 0. The van der Waals surface area contributed by atoms with Crippen molar-refractivity contribution in [2.75, 3.05) is 11.9 Å². The number of carboxylic acid groups (broad SMARTS) is 1. The lowest BCUT2D eigenvalue weighted by atomic mass is 10.1. The highest BCUT2D eigenvalue weighted by atomic mass is 19.1. The van der Waals surface area contributed by atoms with Crippen molar-refractivity contribution in [3.05, 3.63) is 76.9 Å². The van der Waals surface area contributed by atoms with Crippen LogP contribution in [0, 0.1) is 5.82 Å². The highest BCUT2D eigenvalue weighted by Gasteiger charge is 2.20. The van der Waals surface area contributed by atoms with Crippen molar-refractivity contribution in [2.45, 2.75) is 19.5 Å². The maximum atomic E-state index is 13.5. The van der Waals surface area contributed by atoms with Crippen molar-refractivity contribution < 1.29 is 14.3 Å². The van der Waals surface area contributed by atoms with Gasteiger partial charge in [0, 0.05) is 37.0 Å². The van der Waals surface area contributed by atoms with Crippen LogP contribution in [0.25, 0.3) is 16.9 Å². The Labute approximate surface area is 176 Å². The number of aromatic carboxylic acids is 1. The molecule has 31 heavy (non-hydrogen) atoms. The number of aromatic nitrogens is 4. The van der Waals surface area contributed by atoms with E-state index in [4.69, 9.17) is 4.98 Å². The lowest BCUT2D eigenvalue weighted by molar-refractivity contribution is 0.0699. The molecule has 0 amide bonds. The summed E-state index contributed by atoms with van der Waals surface area (Å²) in [5, 5.41) is 21.0. The van der Waals surface area contributed by atoms with Crippen LogP contribution in [0.2, 0.25) is 0 Å². The van der Waals surface area contributed by atoms with Crippen molar-refractivity contribution in [3.63, 3.8) is 0 Å². The van der Waals surface area contributed by atoms with E-state index in [1.54, 1.807) is 28.9 Å². The standard InChI is InChI=1S/C22H19FN6O2/c23-14-4-1-3-13(9-14)10-25-20-17-11-24-8-7-18(17)27-22(28-20)29-19-6-2-5-15(21(30)31)16(19)12-26-29/h1-6,9,12,24H,7-8,10-11H2,(H,30,31)(H,25,27,28). The van der Waals surface area contributed by atoms with E-state index in [1.165, 1.54) is 18.3 Å². The molecule has 0 aliphatic carbocycles. The number of nitrogens with zero attached hydrogens (tertiary/aromatic N) is 4. The molecule has 4 aromatic rings. The molecular weight excluding hydrogens is 399 g/mol. The Kier molecular flexibility index (Phi) is 4.79. The van der Waals surface area contributed by atoms with E-state index in [0.717, 1.165) is 29.8 Å². The minimum atomic E-state index is -1.01. The third-order valence-electron chi connectivity index (χ3n) is 5.30. The van der Waals surface area contributed by atoms with Gasteiger partial charge in [0.1, 0.15) is 11.6 Å². The van der Waals surface area contributed by atoms with E-state index < -0.39 is 5.97 Å². The Morgan fingerprint density at radius 2 is 2.10 bits per heavy atom. The highest BCUT2D eigenvalue weighted by molar-refractivity contribution is 6.02. The molecule has 156 valence electrons. The molecule has 5 rings (SSSR count). The first-order valence-corrected chi connectivity index (χ1v) is 9.89. The van der Waals surface area contributed by atoms with E-state index in [-0.39, 0.29) is 11.4 Å². The Balaban J connectivity index is 1.57. The predicted molar refractivity (Wildman–Crippen MR) is 113 cm³/mol. The first-order chi connectivity index (χ1) is 15.1. The van der Waals surface area contributed by atoms with Crippen molar-refractivity contribution in [2.24, 2.45) is 0 Å². The minimum absolute atomic E-state index is 0.176. The summed E-state index contributed by atoms with van der Waals surface area (Å²) in [5.74, 6) is -0.293. The first-order valence-electron chi connectivity index (χ1n) is 9.89. The van der Waals surface area contributed by atoms with E-state index in [1.807, 2.05) is 6.07 Å². The molecule has 9 heteroatoms. The molecule has 2 aromatic carbocycles. The van der Waals surface area contributed by atoms with Gasteiger partial charge in [-0.15, -0.1) is 0 Å². The van der Waals surface area contributed by atoms with Crippen molar-refractivity contribution in [3.8, 4) is 5.95 Å². The molecule has 8 nitrogen and oxygen atoms in total. The third-order valence-corrected chi connectivity index (χ3v) is 5.30. The average molecular weight is 418 g/mol. The highest BCUT2D eigenvalue weighted by Crippen LogP contribution is 2.25. The van der Waals surface area contributed by atoms with Crippen molar-refractivity contribution in [1.82, 2.24) is 25.1 Å². The Hall–Kier alpha value is -3.85. The number of halogens is 1. The van der Waals surface area contributed by atoms with E-state index in [9.17, 15) is 14.3 Å². The van der Waals surface area contributed by atoms with Gasteiger partial charge in [-0.1, -0.05) is 18.2 Å². The zero-order valence-electron chi connectivity index (χ0n) is 16.5. The third kappa shape index (κ3) is 3.59. The molecule has 0 saturated carbocycles. The van der Waals surface area contributed by atoms with E-state index >= 15 is 0 Å². The van der Waals surface area contributed by atoms with Crippen LogP contribution >= 0.6 is 0 Å². The van der Waals surface area contributed by atoms with Gasteiger partial charge in [-0.2, -0.15) is 14.8 Å². The van der Waals surface area contributed by atoms with Gasteiger partial charge < -0.3 is 15.7 Å². The molecule has 0 atom stereocenters. The van der Waals surface area contributed by atoms with Crippen molar-refractivity contribution in [1.29, 1.82) is 0 Å². The van der Waals surface area contributed by atoms with Gasteiger partial charge in [-0.25, -0.2) is 14.2 Å². The number of carbonyl (C=O) groups is 1. The second-order valence-electron chi connectivity index (χ2n) is 7.31. The van der Waals surface area contributed by atoms with Gasteiger partial charge in [-0.3, -0.25) is 0 Å². The topological polar surface area (TPSA) is 105 Å². The molecule has 2 aromatic heterocycles. The molecule has 3 N–H and O–H groups in total. The number of anilines is 1. The molecule has 0 spiro atoms. The zero-order chi connectivity index (χ0) is 21.4. The monoisotopic (exact) mass is 418 g/mol. The van der Waals surface area contributed by atoms with Crippen LogP contribution in [0.1, 0.15) is 27.2 Å². The molecule has 1 aliphatic rings. The summed E-state index contributed by atoms with van der Waals surface area (Å²) in [5.41, 5.74) is 3.46. The maximum absolute atomic E-state index is 13.5. The van der Waals surface area contributed by atoms with Crippen LogP contribution in [0.15, 0.2) is 48.7 Å². The normalized spacial score (nSPS) is 13.2. The summed E-state index contributed by atoms with van der Waals surface area (Å²) in [4.78, 5) is 20.9. The van der Waals surface area contributed by atoms with Crippen LogP contribution in [-0.2, 0) is 19.5 Å². The summed E-state index contributed by atoms with van der Waals surface area (Å²) in [6.45, 7) is 1.84. The second-order valence-corrected chi connectivity index (χ2v) is 7.31.